The van der Waals surface area contributed by atoms with Gasteiger partial charge in [0.1, 0.15) is 0 Å². The molecule has 0 aromatic heterocycles. The highest BCUT2D eigenvalue weighted by Crippen LogP contribution is 2.49. The third kappa shape index (κ3) is 2.44. The van der Waals surface area contributed by atoms with E-state index in [0.29, 0.717) is 6.10 Å². The monoisotopic (exact) mass is 208 g/mol. The van der Waals surface area contributed by atoms with Crippen LogP contribution in [0.25, 0.3) is 0 Å². The molecule has 0 radical (unpaired) electrons. The van der Waals surface area contributed by atoms with E-state index in [-0.39, 0.29) is 0 Å². The summed E-state index contributed by atoms with van der Waals surface area (Å²) in [5.74, 6) is 2.47. The second kappa shape index (κ2) is 4.69. The van der Waals surface area contributed by atoms with Crippen molar-refractivity contribution in [2.45, 2.75) is 52.6 Å². The van der Waals surface area contributed by atoms with Crippen LogP contribution in [0.5, 0.6) is 0 Å². The third-order valence-corrected chi connectivity index (χ3v) is 4.00. The maximum Gasteiger partial charge on any atom is 0.0643 e. The van der Waals surface area contributed by atoms with Crippen LogP contribution in [0.1, 0.15) is 46.5 Å². The standard InChI is InChI=1S/C14H24O/c1-4-12-7-11-8-13(12)14(9-11)15-6-5-10(2)3/h4,10-11,13-14H,5-9H2,1-3H3. The normalized spacial score (nSPS) is 37.1. The Morgan fingerprint density at radius 3 is 2.80 bits per heavy atom. The van der Waals surface area contributed by atoms with Crippen LogP contribution in [0.3, 0.4) is 0 Å². The lowest BCUT2D eigenvalue weighted by molar-refractivity contribution is 0.0238. The van der Waals surface area contributed by atoms with Crippen molar-refractivity contribution >= 4 is 0 Å². The van der Waals surface area contributed by atoms with Gasteiger partial charge in [0.15, 0.2) is 0 Å². The Balaban J connectivity index is 1.80. The summed E-state index contributed by atoms with van der Waals surface area (Å²) in [6, 6.07) is 0. The summed E-state index contributed by atoms with van der Waals surface area (Å²) in [5.41, 5.74) is 1.67. The van der Waals surface area contributed by atoms with Gasteiger partial charge in [0.05, 0.1) is 6.10 Å². The largest absolute Gasteiger partial charge is 0.378 e. The molecule has 15 heavy (non-hydrogen) atoms. The Bertz CT molecular complexity index is 242. The Kier molecular flexibility index (Phi) is 3.50. The minimum atomic E-state index is 0.550. The van der Waals surface area contributed by atoms with Crippen LogP contribution in [-0.2, 0) is 4.74 Å². The summed E-state index contributed by atoms with van der Waals surface area (Å²) in [5, 5.41) is 0. The average molecular weight is 208 g/mol. The molecule has 2 rings (SSSR count). The molecule has 86 valence electrons. The van der Waals surface area contributed by atoms with Gasteiger partial charge in [-0.25, -0.2) is 0 Å². The van der Waals surface area contributed by atoms with Gasteiger partial charge in [-0.2, -0.15) is 0 Å². The summed E-state index contributed by atoms with van der Waals surface area (Å²) < 4.78 is 6.04. The van der Waals surface area contributed by atoms with Crippen LogP contribution in [-0.4, -0.2) is 12.7 Å². The zero-order chi connectivity index (χ0) is 10.8. The number of rotatable bonds is 4. The highest BCUT2D eigenvalue weighted by Gasteiger charge is 2.42. The molecule has 0 aliphatic heterocycles. The molecular formula is C14H24O. The van der Waals surface area contributed by atoms with Gasteiger partial charge in [-0.05, 0) is 44.4 Å². The number of hydrogen-bond acceptors (Lipinski definition) is 1. The zero-order valence-electron chi connectivity index (χ0n) is 10.3. The first kappa shape index (κ1) is 11.2. The topological polar surface area (TPSA) is 9.23 Å². The SMILES string of the molecule is CC=C1CC2CC(OCCC(C)C)C1C2. The molecular weight excluding hydrogens is 184 g/mol. The van der Waals surface area contributed by atoms with Crippen molar-refractivity contribution in [1.82, 2.24) is 0 Å². The first-order valence-electron chi connectivity index (χ1n) is 6.47. The van der Waals surface area contributed by atoms with Gasteiger partial charge in [0.2, 0.25) is 0 Å². The van der Waals surface area contributed by atoms with Crippen LogP contribution in [0, 0.1) is 17.8 Å². The second-order valence-corrected chi connectivity index (χ2v) is 5.60. The van der Waals surface area contributed by atoms with Gasteiger partial charge < -0.3 is 4.74 Å². The van der Waals surface area contributed by atoms with Crippen LogP contribution in [0.4, 0.5) is 0 Å². The van der Waals surface area contributed by atoms with Crippen LogP contribution in [0.2, 0.25) is 0 Å². The minimum absolute atomic E-state index is 0.550. The molecule has 0 spiro atoms. The van der Waals surface area contributed by atoms with E-state index in [4.69, 9.17) is 4.74 Å². The van der Waals surface area contributed by atoms with E-state index < -0.39 is 0 Å². The summed E-state index contributed by atoms with van der Waals surface area (Å²) in [7, 11) is 0. The van der Waals surface area contributed by atoms with Crippen LogP contribution < -0.4 is 0 Å². The number of fused-ring (bicyclic) bond motifs is 2. The van der Waals surface area contributed by atoms with Crippen LogP contribution in [0.15, 0.2) is 11.6 Å². The molecule has 2 aliphatic carbocycles. The van der Waals surface area contributed by atoms with E-state index >= 15 is 0 Å². The smallest absolute Gasteiger partial charge is 0.0643 e. The molecule has 0 aromatic carbocycles. The molecule has 3 atom stereocenters. The number of hydrogen-bond donors (Lipinski definition) is 0. The number of ether oxygens (including phenoxy) is 1. The van der Waals surface area contributed by atoms with Gasteiger partial charge >= 0.3 is 0 Å². The van der Waals surface area contributed by atoms with Crippen LogP contribution >= 0.6 is 0 Å². The Labute approximate surface area is 93.9 Å². The van der Waals surface area contributed by atoms with E-state index in [2.05, 4.69) is 26.8 Å². The van der Waals surface area contributed by atoms with Crippen molar-refractivity contribution in [2.24, 2.45) is 17.8 Å². The lowest BCUT2D eigenvalue weighted by atomic mass is 9.92. The summed E-state index contributed by atoms with van der Waals surface area (Å²) in [4.78, 5) is 0. The molecule has 2 fully saturated rings. The van der Waals surface area contributed by atoms with Crippen molar-refractivity contribution in [3.8, 4) is 0 Å². The highest BCUT2D eigenvalue weighted by molar-refractivity contribution is 5.18. The van der Waals surface area contributed by atoms with Crippen molar-refractivity contribution < 1.29 is 4.74 Å². The lowest BCUT2D eigenvalue weighted by Crippen LogP contribution is -2.23. The molecule has 0 heterocycles. The molecule has 2 saturated carbocycles. The van der Waals surface area contributed by atoms with Crippen molar-refractivity contribution in [3.63, 3.8) is 0 Å². The predicted molar refractivity (Wildman–Crippen MR) is 63.8 cm³/mol. The van der Waals surface area contributed by atoms with E-state index in [1.807, 2.05) is 0 Å². The van der Waals surface area contributed by atoms with E-state index in [9.17, 15) is 0 Å². The number of allylic oxidation sites excluding steroid dienone is 1. The molecule has 1 heteroatoms. The summed E-state index contributed by atoms with van der Waals surface area (Å²) in [6.45, 7) is 7.67. The molecule has 0 N–H and O–H groups in total. The van der Waals surface area contributed by atoms with Gasteiger partial charge in [0.25, 0.3) is 0 Å². The van der Waals surface area contributed by atoms with E-state index in [0.717, 1.165) is 24.4 Å². The Morgan fingerprint density at radius 1 is 1.40 bits per heavy atom. The molecule has 0 aromatic rings. The first-order valence-corrected chi connectivity index (χ1v) is 6.47. The minimum Gasteiger partial charge on any atom is -0.378 e. The van der Waals surface area contributed by atoms with E-state index in [1.54, 1.807) is 5.57 Å². The highest BCUT2D eigenvalue weighted by atomic mass is 16.5. The molecule has 1 nitrogen and oxygen atoms in total. The second-order valence-electron chi connectivity index (χ2n) is 5.60. The van der Waals surface area contributed by atoms with Gasteiger partial charge in [-0.3, -0.25) is 0 Å². The van der Waals surface area contributed by atoms with E-state index in [1.165, 1.54) is 25.7 Å². The van der Waals surface area contributed by atoms with Crippen molar-refractivity contribution in [2.75, 3.05) is 6.61 Å². The Morgan fingerprint density at radius 2 is 2.20 bits per heavy atom. The quantitative estimate of drug-likeness (QED) is 0.639. The molecule has 3 unspecified atom stereocenters. The summed E-state index contributed by atoms with van der Waals surface area (Å²) in [6.07, 6.45) is 8.15. The fourth-order valence-corrected chi connectivity index (χ4v) is 3.11. The molecule has 0 saturated heterocycles. The zero-order valence-corrected chi connectivity index (χ0v) is 10.3. The fourth-order valence-electron chi connectivity index (χ4n) is 3.11. The maximum atomic E-state index is 6.04. The molecule has 2 aliphatic rings. The molecule has 0 amide bonds. The lowest BCUT2D eigenvalue weighted by Gasteiger charge is -2.25. The predicted octanol–water partition coefficient (Wildman–Crippen LogP) is 3.79. The van der Waals surface area contributed by atoms with Gasteiger partial charge in [-0.15, -0.1) is 0 Å². The maximum absolute atomic E-state index is 6.04. The van der Waals surface area contributed by atoms with Crippen molar-refractivity contribution in [1.29, 1.82) is 0 Å². The van der Waals surface area contributed by atoms with Crippen molar-refractivity contribution in [3.05, 3.63) is 11.6 Å². The average Bonchev–Trinajstić information content (AvgIpc) is 2.75. The van der Waals surface area contributed by atoms with Gasteiger partial charge in [0, 0.05) is 12.5 Å². The molecule has 2 bridgehead atoms. The third-order valence-electron chi connectivity index (χ3n) is 4.00. The Hall–Kier alpha value is -0.300. The van der Waals surface area contributed by atoms with Gasteiger partial charge in [-0.1, -0.05) is 25.5 Å². The summed E-state index contributed by atoms with van der Waals surface area (Å²) >= 11 is 0. The first-order chi connectivity index (χ1) is 7.20. The fraction of sp³-hybridized carbons (Fsp3) is 0.857.